The summed E-state index contributed by atoms with van der Waals surface area (Å²) in [5.74, 6) is 0.117. The molecule has 78 valence electrons. The van der Waals surface area contributed by atoms with Gasteiger partial charge in [0.1, 0.15) is 5.75 Å². The Bertz CT molecular complexity index is 343. The average molecular weight is 254 g/mol. The molecule has 0 heterocycles. The third-order valence-electron chi connectivity index (χ3n) is 2.13. The lowest BCUT2D eigenvalue weighted by Gasteiger charge is -2.15. The molecule has 0 saturated heterocycles. The van der Waals surface area contributed by atoms with Crippen LogP contribution in [0.1, 0.15) is 30.9 Å². The van der Waals surface area contributed by atoms with Crippen molar-refractivity contribution in [2.75, 3.05) is 0 Å². The summed E-state index contributed by atoms with van der Waals surface area (Å²) in [5.41, 5.74) is 1.22. The minimum absolute atomic E-state index is 0.0357. The zero-order valence-corrected chi connectivity index (χ0v) is 10.4. The second-order valence-electron chi connectivity index (χ2n) is 3.48. The molecule has 0 amide bonds. The Balaban J connectivity index is 3.60. The molecule has 1 aromatic carbocycles. The first-order valence-corrected chi connectivity index (χ1v) is 5.37. The van der Waals surface area contributed by atoms with Gasteiger partial charge in [-0.25, -0.2) is 0 Å². The van der Waals surface area contributed by atoms with E-state index < -0.39 is 0 Å². The molecule has 0 aliphatic heterocycles. The van der Waals surface area contributed by atoms with Crippen LogP contribution in [0.2, 0.25) is 15.1 Å². The molecule has 1 nitrogen and oxygen atoms in total. The van der Waals surface area contributed by atoms with Gasteiger partial charge >= 0.3 is 0 Å². The van der Waals surface area contributed by atoms with Crippen LogP contribution in [0.4, 0.5) is 0 Å². The highest BCUT2D eigenvalue weighted by atomic mass is 35.5. The number of phenolic OH excluding ortho intramolecular Hbond substituents is 1. The van der Waals surface area contributed by atoms with Crippen molar-refractivity contribution in [3.05, 3.63) is 26.2 Å². The van der Waals surface area contributed by atoms with Gasteiger partial charge in [0.15, 0.2) is 0 Å². The quantitative estimate of drug-likeness (QED) is 0.714. The highest BCUT2D eigenvalue weighted by Crippen LogP contribution is 2.44. The van der Waals surface area contributed by atoms with E-state index in [-0.39, 0.29) is 16.7 Å². The molecule has 0 radical (unpaired) electrons. The zero-order valence-electron chi connectivity index (χ0n) is 8.16. The Hall–Kier alpha value is -0.110. The van der Waals surface area contributed by atoms with Crippen molar-refractivity contribution >= 4 is 34.8 Å². The van der Waals surface area contributed by atoms with E-state index in [4.69, 9.17) is 34.8 Å². The van der Waals surface area contributed by atoms with Gasteiger partial charge in [-0.2, -0.15) is 0 Å². The van der Waals surface area contributed by atoms with Gasteiger partial charge in [-0.3, -0.25) is 0 Å². The lowest BCUT2D eigenvalue weighted by atomic mass is 10.0. The predicted molar refractivity (Wildman–Crippen MR) is 62.0 cm³/mol. The molecule has 0 aliphatic carbocycles. The number of benzene rings is 1. The van der Waals surface area contributed by atoms with E-state index in [1.165, 1.54) is 0 Å². The fraction of sp³-hybridized carbons (Fsp3) is 0.400. The molecule has 4 heteroatoms. The summed E-state index contributed by atoms with van der Waals surface area (Å²) in [5, 5.41) is 10.9. The van der Waals surface area contributed by atoms with Gasteiger partial charge in [-0.1, -0.05) is 48.7 Å². The maximum absolute atomic E-state index is 9.78. The topological polar surface area (TPSA) is 20.2 Å². The molecule has 0 unspecified atom stereocenters. The van der Waals surface area contributed by atoms with Crippen LogP contribution in [-0.2, 0) is 0 Å². The Labute approximate surface area is 98.6 Å². The Morgan fingerprint density at radius 1 is 1.00 bits per heavy atom. The minimum atomic E-state index is 0.0357. The summed E-state index contributed by atoms with van der Waals surface area (Å²) >= 11 is 17.9. The van der Waals surface area contributed by atoms with E-state index in [1.807, 2.05) is 13.8 Å². The number of rotatable bonds is 1. The zero-order chi connectivity index (χ0) is 11.0. The molecule has 14 heavy (non-hydrogen) atoms. The van der Waals surface area contributed by atoms with Gasteiger partial charge < -0.3 is 5.11 Å². The third-order valence-corrected chi connectivity index (χ3v) is 3.55. The van der Waals surface area contributed by atoms with Crippen LogP contribution in [0.15, 0.2) is 0 Å². The lowest BCUT2D eigenvalue weighted by Crippen LogP contribution is -1.94. The van der Waals surface area contributed by atoms with Crippen molar-refractivity contribution in [2.24, 2.45) is 0 Å². The molecular weight excluding hydrogens is 242 g/mol. The van der Waals surface area contributed by atoms with E-state index in [0.717, 1.165) is 0 Å². The third kappa shape index (κ3) is 1.81. The van der Waals surface area contributed by atoms with Crippen molar-refractivity contribution in [2.45, 2.75) is 26.7 Å². The Morgan fingerprint density at radius 3 is 1.93 bits per heavy atom. The van der Waals surface area contributed by atoms with Gasteiger partial charge in [0, 0.05) is 5.56 Å². The SMILES string of the molecule is Cc1c(Cl)c(O)c(C(C)C)c(Cl)c1Cl. The number of phenols is 1. The first-order chi connectivity index (χ1) is 6.37. The van der Waals surface area contributed by atoms with Gasteiger partial charge in [-0.15, -0.1) is 0 Å². The summed E-state index contributed by atoms with van der Waals surface area (Å²) in [6, 6.07) is 0. The van der Waals surface area contributed by atoms with E-state index in [9.17, 15) is 5.11 Å². The second kappa shape index (κ2) is 4.18. The standard InChI is InChI=1S/C10H11Cl3O/c1-4(2)6-9(13)7(11)5(3)8(12)10(6)14/h4,14H,1-3H3. The molecule has 1 aromatic rings. The summed E-state index contributed by atoms with van der Waals surface area (Å²) in [6.45, 7) is 5.56. The summed E-state index contributed by atoms with van der Waals surface area (Å²) < 4.78 is 0. The summed E-state index contributed by atoms with van der Waals surface area (Å²) in [7, 11) is 0. The van der Waals surface area contributed by atoms with Gasteiger partial charge in [0.25, 0.3) is 0 Å². The van der Waals surface area contributed by atoms with Crippen molar-refractivity contribution in [3.8, 4) is 5.75 Å². The van der Waals surface area contributed by atoms with Crippen molar-refractivity contribution in [1.29, 1.82) is 0 Å². The first-order valence-electron chi connectivity index (χ1n) is 4.23. The lowest BCUT2D eigenvalue weighted by molar-refractivity contribution is 0.465. The van der Waals surface area contributed by atoms with Crippen LogP contribution in [-0.4, -0.2) is 5.11 Å². The maximum atomic E-state index is 9.78. The van der Waals surface area contributed by atoms with Gasteiger partial charge in [-0.05, 0) is 18.4 Å². The first kappa shape index (κ1) is 12.0. The monoisotopic (exact) mass is 252 g/mol. The molecule has 0 aliphatic rings. The second-order valence-corrected chi connectivity index (χ2v) is 4.62. The largest absolute Gasteiger partial charge is 0.506 e. The number of hydrogen-bond acceptors (Lipinski definition) is 1. The van der Waals surface area contributed by atoms with Gasteiger partial charge in [0.05, 0.1) is 15.1 Å². The Kier molecular flexibility index (Phi) is 3.57. The normalized spacial score (nSPS) is 11.1. The molecule has 0 saturated carbocycles. The van der Waals surface area contributed by atoms with Crippen LogP contribution in [0.3, 0.4) is 0 Å². The fourth-order valence-corrected chi connectivity index (χ4v) is 2.20. The number of halogens is 3. The van der Waals surface area contributed by atoms with E-state index in [2.05, 4.69) is 0 Å². The smallest absolute Gasteiger partial charge is 0.139 e. The highest BCUT2D eigenvalue weighted by molar-refractivity contribution is 6.45. The molecule has 0 spiro atoms. The predicted octanol–water partition coefficient (Wildman–Crippen LogP) is 4.78. The molecule has 0 bridgehead atoms. The van der Waals surface area contributed by atoms with Crippen LogP contribution in [0, 0.1) is 6.92 Å². The summed E-state index contributed by atoms with van der Waals surface area (Å²) in [6.07, 6.45) is 0. The number of aromatic hydroxyl groups is 1. The van der Waals surface area contributed by atoms with Crippen molar-refractivity contribution < 1.29 is 5.11 Å². The van der Waals surface area contributed by atoms with Crippen LogP contribution in [0.5, 0.6) is 5.75 Å². The molecular formula is C10H11Cl3O. The average Bonchev–Trinajstić information content (AvgIpc) is 2.11. The highest BCUT2D eigenvalue weighted by Gasteiger charge is 2.20. The van der Waals surface area contributed by atoms with Gasteiger partial charge in [0.2, 0.25) is 0 Å². The Morgan fingerprint density at radius 2 is 1.50 bits per heavy atom. The van der Waals surface area contributed by atoms with E-state index >= 15 is 0 Å². The summed E-state index contributed by atoms with van der Waals surface area (Å²) in [4.78, 5) is 0. The van der Waals surface area contributed by atoms with E-state index in [1.54, 1.807) is 6.92 Å². The minimum Gasteiger partial charge on any atom is -0.506 e. The fourth-order valence-electron chi connectivity index (χ4n) is 1.31. The van der Waals surface area contributed by atoms with Crippen LogP contribution < -0.4 is 0 Å². The molecule has 1 rings (SSSR count). The maximum Gasteiger partial charge on any atom is 0.139 e. The van der Waals surface area contributed by atoms with Crippen molar-refractivity contribution in [1.82, 2.24) is 0 Å². The molecule has 1 N–H and O–H groups in total. The van der Waals surface area contributed by atoms with Crippen LogP contribution >= 0.6 is 34.8 Å². The molecule has 0 aromatic heterocycles. The molecule has 0 atom stereocenters. The van der Waals surface area contributed by atoms with Crippen molar-refractivity contribution in [3.63, 3.8) is 0 Å². The van der Waals surface area contributed by atoms with E-state index in [0.29, 0.717) is 21.2 Å². The number of hydrogen-bond donors (Lipinski definition) is 1. The van der Waals surface area contributed by atoms with Crippen LogP contribution in [0.25, 0.3) is 0 Å². The molecule has 0 fully saturated rings.